The quantitative estimate of drug-likeness (QED) is 0.517. The third-order valence-corrected chi connectivity index (χ3v) is 2.39. The van der Waals surface area contributed by atoms with Crippen LogP contribution in [0.25, 0.3) is 0 Å². The lowest BCUT2D eigenvalue weighted by atomic mass is 10.3. The van der Waals surface area contributed by atoms with Crippen LogP contribution in [0.1, 0.15) is 25.7 Å². The van der Waals surface area contributed by atoms with Crippen LogP contribution in [-0.4, -0.2) is 24.1 Å². The number of hydrogen-bond acceptors (Lipinski definition) is 3. The summed E-state index contributed by atoms with van der Waals surface area (Å²) in [6.07, 6.45) is 2.86. The van der Waals surface area contributed by atoms with Crippen LogP contribution in [-0.2, 0) is 9.59 Å². The largest absolute Gasteiger partial charge is 0.341 e. The van der Waals surface area contributed by atoms with Crippen LogP contribution in [0, 0.1) is 0 Å². The molecule has 0 bridgehead atoms. The van der Waals surface area contributed by atoms with E-state index >= 15 is 0 Å². The maximum absolute atomic E-state index is 10.9. The lowest BCUT2D eigenvalue weighted by Crippen LogP contribution is -2.49. The molecule has 2 fully saturated rings. The summed E-state index contributed by atoms with van der Waals surface area (Å²) in [5, 5.41) is 8.76. The minimum absolute atomic E-state index is 0.0379. The molecule has 0 aromatic rings. The molecule has 72 valence electrons. The van der Waals surface area contributed by atoms with Crippen molar-refractivity contribution in [2.24, 2.45) is 0 Å². The van der Waals surface area contributed by atoms with E-state index in [-0.39, 0.29) is 24.1 Å². The molecule has 2 amide bonds. The molecular formula is C8H13N3O2. The normalized spacial score (nSPS) is 33.2. The number of carbonyl (C=O) groups excluding carboxylic acids is 2. The maximum atomic E-state index is 10.9. The molecule has 2 unspecified atom stereocenters. The molecule has 0 aromatic heterocycles. The Bertz CT molecular complexity index is 218. The van der Waals surface area contributed by atoms with Crippen molar-refractivity contribution in [3.63, 3.8) is 0 Å². The summed E-state index contributed by atoms with van der Waals surface area (Å²) in [5.74, 6) is 0.170. The highest BCUT2D eigenvalue weighted by molar-refractivity contribution is 5.79. The highest BCUT2D eigenvalue weighted by atomic mass is 16.2. The zero-order chi connectivity index (χ0) is 9.26. The molecule has 2 aliphatic rings. The molecule has 0 aliphatic carbocycles. The fourth-order valence-corrected chi connectivity index (χ4v) is 1.72. The van der Waals surface area contributed by atoms with E-state index in [1.54, 1.807) is 0 Å². The molecule has 2 rings (SSSR count). The maximum Gasteiger partial charge on any atom is 0.221 e. The van der Waals surface area contributed by atoms with Gasteiger partial charge in [-0.2, -0.15) is 0 Å². The monoisotopic (exact) mass is 183 g/mol. The zero-order valence-corrected chi connectivity index (χ0v) is 7.30. The van der Waals surface area contributed by atoms with Gasteiger partial charge in [0, 0.05) is 12.8 Å². The van der Waals surface area contributed by atoms with Crippen molar-refractivity contribution in [1.82, 2.24) is 16.0 Å². The number of nitrogens with one attached hydrogen (secondary N) is 3. The zero-order valence-electron chi connectivity index (χ0n) is 7.30. The SMILES string of the molecule is O=C1CCC(NC2CCC(=O)N2)N1. The molecule has 2 heterocycles. The standard InChI is InChI=1S/C8H13N3O2/c12-7-3-1-5(10-7)9-6-2-4-8(13)11-6/h5-6,9H,1-4H2,(H,10,12)(H,11,13). The van der Waals surface area contributed by atoms with E-state index in [9.17, 15) is 9.59 Å². The molecule has 5 nitrogen and oxygen atoms in total. The summed E-state index contributed by atoms with van der Waals surface area (Å²) in [4.78, 5) is 21.7. The highest BCUT2D eigenvalue weighted by Crippen LogP contribution is 2.08. The van der Waals surface area contributed by atoms with Crippen LogP contribution in [0.4, 0.5) is 0 Å². The number of rotatable bonds is 2. The highest BCUT2D eigenvalue weighted by Gasteiger charge is 2.26. The Balaban J connectivity index is 1.78. The number of hydrogen-bond donors (Lipinski definition) is 3. The summed E-state index contributed by atoms with van der Waals surface area (Å²) >= 11 is 0. The van der Waals surface area contributed by atoms with Gasteiger partial charge in [-0.15, -0.1) is 0 Å². The first-order valence-electron chi connectivity index (χ1n) is 4.59. The first kappa shape index (κ1) is 8.50. The van der Waals surface area contributed by atoms with Crippen molar-refractivity contribution in [1.29, 1.82) is 0 Å². The van der Waals surface area contributed by atoms with E-state index < -0.39 is 0 Å². The molecular weight excluding hydrogens is 170 g/mol. The van der Waals surface area contributed by atoms with Gasteiger partial charge in [0.25, 0.3) is 0 Å². The molecule has 2 aliphatic heterocycles. The minimum Gasteiger partial charge on any atom is -0.341 e. The van der Waals surface area contributed by atoms with Gasteiger partial charge in [-0.1, -0.05) is 0 Å². The molecule has 2 atom stereocenters. The van der Waals surface area contributed by atoms with Crippen molar-refractivity contribution in [3.8, 4) is 0 Å². The van der Waals surface area contributed by atoms with E-state index in [1.165, 1.54) is 0 Å². The summed E-state index contributed by atoms with van der Waals surface area (Å²) in [7, 11) is 0. The van der Waals surface area contributed by atoms with Crippen LogP contribution >= 0.6 is 0 Å². The van der Waals surface area contributed by atoms with Gasteiger partial charge in [0.05, 0.1) is 12.3 Å². The van der Waals surface area contributed by atoms with E-state index in [4.69, 9.17) is 0 Å². The van der Waals surface area contributed by atoms with E-state index in [1.807, 2.05) is 0 Å². The molecule has 3 N–H and O–H groups in total. The molecule has 13 heavy (non-hydrogen) atoms. The Morgan fingerprint density at radius 2 is 1.46 bits per heavy atom. The fraction of sp³-hybridized carbons (Fsp3) is 0.750. The molecule has 0 radical (unpaired) electrons. The predicted octanol–water partition coefficient (Wildman–Crippen LogP) is -0.952. The van der Waals surface area contributed by atoms with Gasteiger partial charge < -0.3 is 10.6 Å². The Morgan fingerprint density at radius 1 is 1.00 bits per heavy atom. The summed E-state index contributed by atoms with van der Waals surface area (Å²) in [6.45, 7) is 0. The van der Waals surface area contributed by atoms with Crippen LogP contribution in [0.15, 0.2) is 0 Å². The minimum atomic E-state index is 0.0379. The van der Waals surface area contributed by atoms with Crippen LogP contribution in [0.2, 0.25) is 0 Å². The van der Waals surface area contributed by atoms with Crippen molar-refractivity contribution in [3.05, 3.63) is 0 Å². The summed E-state index contributed by atoms with van der Waals surface area (Å²) in [6, 6.07) is 0. The van der Waals surface area contributed by atoms with Gasteiger partial charge in [-0.3, -0.25) is 14.9 Å². The van der Waals surface area contributed by atoms with Crippen LogP contribution in [0.5, 0.6) is 0 Å². The number of carbonyl (C=O) groups is 2. The fourth-order valence-electron chi connectivity index (χ4n) is 1.72. The molecule has 0 saturated carbocycles. The van der Waals surface area contributed by atoms with Gasteiger partial charge >= 0.3 is 0 Å². The second kappa shape index (κ2) is 3.33. The van der Waals surface area contributed by atoms with Crippen molar-refractivity contribution < 1.29 is 9.59 Å². The second-order valence-corrected chi connectivity index (χ2v) is 3.48. The third-order valence-electron chi connectivity index (χ3n) is 2.39. The Kier molecular flexibility index (Phi) is 2.18. The lowest BCUT2D eigenvalue weighted by molar-refractivity contribution is -0.119. The predicted molar refractivity (Wildman–Crippen MR) is 45.5 cm³/mol. The first-order chi connectivity index (χ1) is 6.24. The number of amides is 2. The lowest BCUT2D eigenvalue weighted by Gasteiger charge is -2.18. The smallest absolute Gasteiger partial charge is 0.221 e. The van der Waals surface area contributed by atoms with Gasteiger partial charge in [-0.25, -0.2) is 0 Å². The molecule has 0 spiro atoms. The molecule has 5 heteroatoms. The summed E-state index contributed by atoms with van der Waals surface area (Å²) < 4.78 is 0. The third kappa shape index (κ3) is 1.98. The van der Waals surface area contributed by atoms with Gasteiger partial charge in [0.2, 0.25) is 11.8 Å². The van der Waals surface area contributed by atoms with E-state index in [0.717, 1.165) is 12.8 Å². The van der Waals surface area contributed by atoms with Gasteiger partial charge in [0.15, 0.2) is 0 Å². The molecule has 0 aromatic carbocycles. The Labute approximate surface area is 76.3 Å². The van der Waals surface area contributed by atoms with Crippen molar-refractivity contribution in [2.45, 2.75) is 38.0 Å². The Morgan fingerprint density at radius 3 is 1.77 bits per heavy atom. The van der Waals surface area contributed by atoms with Crippen molar-refractivity contribution >= 4 is 11.8 Å². The molecule has 2 saturated heterocycles. The van der Waals surface area contributed by atoms with Crippen LogP contribution in [0.3, 0.4) is 0 Å². The van der Waals surface area contributed by atoms with E-state index in [0.29, 0.717) is 12.8 Å². The Hall–Kier alpha value is -1.10. The van der Waals surface area contributed by atoms with Gasteiger partial charge in [0.1, 0.15) is 0 Å². The topological polar surface area (TPSA) is 70.2 Å². The summed E-state index contributed by atoms with van der Waals surface area (Å²) in [5.41, 5.74) is 0. The van der Waals surface area contributed by atoms with E-state index in [2.05, 4.69) is 16.0 Å². The van der Waals surface area contributed by atoms with Crippen LogP contribution < -0.4 is 16.0 Å². The average Bonchev–Trinajstić information content (AvgIpc) is 2.62. The average molecular weight is 183 g/mol. The van der Waals surface area contributed by atoms with Gasteiger partial charge in [-0.05, 0) is 12.8 Å². The second-order valence-electron chi connectivity index (χ2n) is 3.48. The van der Waals surface area contributed by atoms with Crippen molar-refractivity contribution in [2.75, 3.05) is 0 Å². The first-order valence-corrected chi connectivity index (χ1v) is 4.59.